The van der Waals surface area contributed by atoms with E-state index in [0.717, 1.165) is 0 Å². The first kappa shape index (κ1) is 17.4. The summed E-state index contributed by atoms with van der Waals surface area (Å²) < 4.78 is 14.7. The third kappa shape index (κ3) is 7.06. The monoisotopic (exact) mass is 298 g/mol. The van der Waals surface area contributed by atoms with Crippen molar-refractivity contribution in [1.82, 2.24) is 0 Å². The molecule has 1 fully saturated rings. The number of epoxide rings is 1. The van der Waals surface area contributed by atoms with Crippen LogP contribution in [0, 0.1) is 0 Å². The largest absolute Gasteiger partial charge is 0.459 e. The standard InChI is InChI=1S/C15H22O6/c1-4-5-13(16)21-15(18)11(3)7-6-10(2)14(17)20-9-12-8-19-12/h6-7,12-13,16H,4-5,8-9H2,1-3H3/b10-6+,11-7+. The molecule has 0 amide bonds. The molecule has 1 N–H and O–H groups in total. The molecule has 1 aliphatic rings. The average Bonchev–Trinajstić information content (AvgIpc) is 3.25. The Morgan fingerprint density at radius 3 is 2.38 bits per heavy atom. The van der Waals surface area contributed by atoms with Gasteiger partial charge in [-0.15, -0.1) is 0 Å². The fraction of sp³-hybridized carbons (Fsp3) is 0.600. The predicted molar refractivity (Wildman–Crippen MR) is 75.2 cm³/mol. The molecule has 2 atom stereocenters. The third-order valence-electron chi connectivity index (χ3n) is 2.81. The summed E-state index contributed by atoms with van der Waals surface area (Å²) in [4.78, 5) is 23.2. The SMILES string of the molecule is CCCC(O)OC(=O)/C(C)=C/C=C(\C)C(=O)OCC1CO1. The molecule has 0 radical (unpaired) electrons. The number of aliphatic hydroxyl groups excluding tert-OH is 1. The molecule has 0 aliphatic carbocycles. The fourth-order valence-corrected chi connectivity index (χ4v) is 1.36. The Kier molecular flexibility index (Phi) is 7.11. The topological polar surface area (TPSA) is 85.4 Å². The smallest absolute Gasteiger partial charge is 0.336 e. The van der Waals surface area contributed by atoms with Gasteiger partial charge in [0.05, 0.1) is 6.61 Å². The highest BCUT2D eigenvalue weighted by Crippen LogP contribution is 2.10. The van der Waals surface area contributed by atoms with Crippen LogP contribution in [-0.4, -0.2) is 42.7 Å². The lowest BCUT2D eigenvalue weighted by molar-refractivity contribution is -0.163. The molecule has 0 bridgehead atoms. The minimum Gasteiger partial charge on any atom is -0.459 e. The maximum Gasteiger partial charge on any atom is 0.336 e. The Morgan fingerprint density at radius 2 is 1.86 bits per heavy atom. The van der Waals surface area contributed by atoms with Crippen LogP contribution in [0.1, 0.15) is 33.6 Å². The van der Waals surface area contributed by atoms with Gasteiger partial charge in [0.25, 0.3) is 0 Å². The minimum absolute atomic E-state index is 0.0223. The van der Waals surface area contributed by atoms with Crippen molar-refractivity contribution in [3.63, 3.8) is 0 Å². The lowest BCUT2D eigenvalue weighted by Crippen LogP contribution is -2.17. The van der Waals surface area contributed by atoms with Crippen LogP contribution >= 0.6 is 0 Å². The van der Waals surface area contributed by atoms with Gasteiger partial charge in [-0.25, -0.2) is 9.59 Å². The molecule has 21 heavy (non-hydrogen) atoms. The Hall–Kier alpha value is -1.66. The first-order valence-corrected chi connectivity index (χ1v) is 6.97. The molecule has 1 rings (SSSR count). The molecule has 2 unspecified atom stereocenters. The second-order valence-electron chi connectivity index (χ2n) is 4.90. The predicted octanol–water partition coefficient (Wildman–Crippen LogP) is 1.48. The van der Waals surface area contributed by atoms with E-state index in [0.29, 0.717) is 30.6 Å². The summed E-state index contributed by atoms with van der Waals surface area (Å²) >= 11 is 0. The normalized spacial score (nSPS) is 19.9. The van der Waals surface area contributed by atoms with Gasteiger partial charge >= 0.3 is 11.9 Å². The van der Waals surface area contributed by atoms with Gasteiger partial charge in [0.15, 0.2) is 0 Å². The summed E-state index contributed by atoms with van der Waals surface area (Å²) in [5.74, 6) is -1.06. The van der Waals surface area contributed by atoms with Crippen molar-refractivity contribution >= 4 is 11.9 Å². The van der Waals surface area contributed by atoms with Gasteiger partial charge in [0.2, 0.25) is 6.29 Å². The first-order chi connectivity index (χ1) is 9.93. The maximum absolute atomic E-state index is 11.6. The molecule has 0 saturated carbocycles. The molecule has 0 aromatic heterocycles. The molecule has 1 heterocycles. The number of allylic oxidation sites excluding steroid dienone is 2. The van der Waals surface area contributed by atoms with Crippen LogP contribution in [0.3, 0.4) is 0 Å². The Bertz CT molecular complexity index is 433. The van der Waals surface area contributed by atoms with E-state index in [1.807, 2.05) is 6.92 Å². The molecular weight excluding hydrogens is 276 g/mol. The zero-order chi connectivity index (χ0) is 15.8. The van der Waals surface area contributed by atoms with E-state index < -0.39 is 18.2 Å². The van der Waals surface area contributed by atoms with Gasteiger partial charge in [-0.1, -0.05) is 25.5 Å². The Morgan fingerprint density at radius 1 is 1.29 bits per heavy atom. The van der Waals surface area contributed by atoms with Crippen LogP contribution in [0.25, 0.3) is 0 Å². The van der Waals surface area contributed by atoms with Gasteiger partial charge < -0.3 is 19.3 Å². The maximum atomic E-state index is 11.6. The van der Waals surface area contributed by atoms with Crippen LogP contribution in [0.15, 0.2) is 23.3 Å². The van der Waals surface area contributed by atoms with E-state index in [-0.39, 0.29) is 12.7 Å². The molecule has 118 valence electrons. The van der Waals surface area contributed by atoms with E-state index >= 15 is 0 Å². The van der Waals surface area contributed by atoms with Crippen LogP contribution in [-0.2, 0) is 23.8 Å². The van der Waals surface area contributed by atoms with Gasteiger partial charge in [-0.05, 0) is 13.8 Å². The van der Waals surface area contributed by atoms with Gasteiger partial charge in [0, 0.05) is 17.6 Å². The first-order valence-electron chi connectivity index (χ1n) is 6.97. The number of hydrogen-bond acceptors (Lipinski definition) is 6. The van der Waals surface area contributed by atoms with Crippen molar-refractivity contribution in [1.29, 1.82) is 0 Å². The number of esters is 2. The van der Waals surface area contributed by atoms with Crippen molar-refractivity contribution in [3.05, 3.63) is 23.3 Å². The summed E-state index contributed by atoms with van der Waals surface area (Å²) in [5.41, 5.74) is 0.666. The quantitative estimate of drug-likeness (QED) is 0.240. The third-order valence-corrected chi connectivity index (χ3v) is 2.81. The summed E-state index contributed by atoms with van der Waals surface area (Å²) in [6, 6.07) is 0. The molecule has 1 saturated heterocycles. The van der Waals surface area contributed by atoms with Crippen molar-refractivity contribution in [3.8, 4) is 0 Å². The second kappa shape index (κ2) is 8.59. The average molecular weight is 298 g/mol. The van der Waals surface area contributed by atoms with Crippen molar-refractivity contribution in [2.75, 3.05) is 13.2 Å². The fourth-order valence-electron chi connectivity index (χ4n) is 1.36. The lowest BCUT2D eigenvalue weighted by Gasteiger charge is -2.10. The van der Waals surface area contributed by atoms with Crippen molar-refractivity contribution in [2.24, 2.45) is 0 Å². The van der Waals surface area contributed by atoms with Crippen LogP contribution in [0.2, 0.25) is 0 Å². The molecule has 0 aromatic carbocycles. The van der Waals surface area contributed by atoms with Gasteiger partial charge in [-0.3, -0.25) is 0 Å². The number of carbonyl (C=O) groups excluding carboxylic acids is 2. The molecule has 0 aromatic rings. The second-order valence-corrected chi connectivity index (χ2v) is 4.90. The number of ether oxygens (including phenoxy) is 3. The van der Waals surface area contributed by atoms with E-state index in [4.69, 9.17) is 14.2 Å². The number of hydrogen-bond donors (Lipinski definition) is 1. The zero-order valence-electron chi connectivity index (χ0n) is 12.6. The summed E-state index contributed by atoms with van der Waals surface area (Å²) in [6.45, 7) is 5.90. The molecule has 6 nitrogen and oxygen atoms in total. The highest BCUT2D eigenvalue weighted by molar-refractivity contribution is 5.90. The van der Waals surface area contributed by atoms with Gasteiger partial charge in [0.1, 0.15) is 12.7 Å². The molecular formula is C15H22O6. The van der Waals surface area contributed by atoms with E-state index in [1.54, 1.807) is 13.8 Å². The molecule has 1 aliphatic heterocycles. The summed E-state index contributed by atoms with van der Waals surface area (Å²) in [6.07, 6.45) is 2.98. The number of rotatable bonds is 8. The van der Waals surface area contributed by atoms with Crippen LogP contribution in [0.5, 0.6) is 0 Å². The van der Waals surface area contributed by atoms with E-state index in [9.17, 15) is 14.7 Å². The lowest BCUT2D eigenvalue weighted by atomic mass is 10.2. The summed E-state index contributed by atoms with van der Waals surface area (Å²) in [7, 11) is 0. The zero-order valence-corrected chi connectivity index (χ0v) is 12.6. The van der Waals surface area contributed by atoms with E-state index in [2.05, 4.69) is 0 Å². The van der Waals surface area contributed by atoms with Crippen LogP contribution < -0.4 is 0 Å². The highest BCUT2D eigenvalue weighted by atomic mass is 16.6. The molecule has 0 spiro atoms. The minimum atomic E-state index is -1.10. The van der Waals surface area contributed by atoms with Gasteiger partial charge in [-0.2, -0.15) is 0 Å². The Balaban J connectivity index is 2.44. The van der Waals surface area contributed by atoms with E-state index in [1.165, 1.54) is 12.2 Å². The van der Waals surface area contributed by atoms with Crippen molar-refractivity contribution < 1.29 is 28.9 Å². The molecule has 6 heteroatoms. The highest BCUT2D eigenvalue weighted by Gasteiger charge is 2.24. The van der Waals surface area contributed by atoms with Crippen LogP contribution in [0.4, 0.5) is 0 Å². The Labute approximate surface area is 124 Å². The van der Waals surface area contributed by atoms with Crippen molar-refractivity contribution in [2.45, 2.75) is 46.0 Å². The summed E-state index contributed by atoms with van der Waals surface area (Å²) in [5, 5.41) is 9.39. The number of carbonyl (C=O) groups is 2. The number of aliphatic hydroxyl groups is 1.